The Balaban J connectivity index is 2.18. The second kappa shape index (κ2) is 8.04. The minimum atomic E-state index is -4.48. The van der Waals surface area contributed by atoms with Gasteiger partial charge < -0.3 is 10.6 Å². The van der Waals surface area contributed by atoms with Gasteiger partial charge in [-0.25, -0.2) is 4.79 Å². The molecule has 7 heteroatoms. The van der Waals surface area contributed by atoms with Crippen molar-refractivity contribution in [3.8, 4) is 0 Å². The summed E-state index contributed by atoms with van der Waals surface area (Å²) >= 11 is 0. The molecule has 2 aromatic carbocycles. The average Bonchev–Trinajstić information content (AvgIpc) is 2.61. The van der Waals surface area contributed by atoms with Gasteiger partial charge in [-0.1, -0.05) is 24.3 Å². The smallest absolute Gasteiger partial charge is 0.329 e. The van der Waals surface area contributed by atoms with Gasteiger partial charge in [0.1, 0.15) is 0 Å². The van der Waals surface area contributed by atoms with Crippen LogP contribution in [0.25, 0.3) is 0 Å². The van der Waals surface area contributed by atoms with Crippen LogP contribution in [0, 0.1) is 6.92 Å². The predicted octanol–water partition coefficient (Wildman–Crippen LogP) is 5.51. The Labute approximate surface area is 162 Å². The van der Waals surface area contributed by atoms with Gasteiger partial charge in [0.2, 0.25) is 0 Å². The number of nitrogens with zero attached hydrogens (tertiary/aromatic N) is 1. The highest BCUT2D eigenvalue weighted by atomic mass is 19.4. The summed E-state index contributed by atoms with van der Waals surface area (Å²) in [7, 11) is 1.70. The van der Waals surface area contributed by atoms with Crippen LogP contribution in [0.1, 0.15) is 43.0 Å². The third-order valence-electron chi connectivity index (χ3n) is 4.56. The summed E-state index contributed by atoms with van der Waals surface area (Å²) in [6.07, 6.45) is -4.48. The number of nitrogens with one attached hydrogen (secondary N) is 2. The zero-order chi connectivity index (χ0) is 21.1. The fourth-order valence-corrected chi connectivity index (χ4v) is 2.79. The Morgan fingerprint density at radius 3 is 2.36 bits per heavy atom. The third kappa shape index (κ3) is 5.12. The van der Waals surface area contributed by atoms with Crippen LogP contribution in [0.3, 0.4) is 0 Å². The van der Waals surface area contributed by atoms with Gasteiger partial charge in [0.25, 0.3) is 0 Å². The standard InChI is InChI=1S/C21H24F3N3O/c1-13-9-10-17(12-18(13)21(22,23)24)26-19(28)27-20(3,4)16-8-6-7-15(11-16)14(2)25-5/h6-12H,1-5H3,(H2,26,27,28). The van der Waals surface area contributed by atoms with E-state index >= 15 is 0 Å². The molecule has 0 saturated heterocycles. The number of amides is 2. The van der Waals surface area contributed by atoms with E-state index in [9.17, 15) is 18.0 Å². The molecule has 0 spiro atoms. The number of hydrogen-bond donors (Lipinski definition) is 2. The van der Waals surface area contributed by atoms with Crippen molar-refractivity contribution >= 4 is 17.4 Å². The molecular formula is C21H24F3N3O. The number of alkyl halides is 3. The Morgan fingerprint density at radius 2 is 1.75 bits per heavy atom. The maximum Gasteiger partial charge on any atom is 0.416 e. The Kier molecular flexibility index (Phi) is 6.17. The molecule has 2 rings (SSSR count). The molecule has 4 nitrogen and oxygen atoms in total. The minimum Gasteiger partial charge on any atom is -0.329 e. The highest BCUT2D eigenvalue weighted by Crippen LogP contribution is 2.33. The molecule has 28 heavy (non-hydrogen) atoms. The molecule has 0 aliphatic rings. The minimum absolute atomic E-state index is 0.0777. The van der Waals surface area contributed by atoms with Gasteiger partial charge in [0.05, 0.1) is 11.1 Å². The van der Waals surface area contributed by atoms with Crippen molar-refractivity contribution in [2.24, 2.45) is 4.99 Å². The number of carbonyl (C=O) groups excluding carboxylic acids is 1. The molecule has 0 bridgehead atoms. The summed E-state index contributed by atoms with van der Waals surface area (Å²) in [5.74, 6) is 0. The number of carbonyl (C=O) groups is 1. The quantitative estimate of drug-likeness (QED) is 0.664. The van der Waals surface area contributed by atoms with Gasteiger partial charge in [0.15, 0.2) is 0 Å². The number of urea groups is 1. The van der Waals surface area contributed by atoms with Crippen LogP contribution < -0.4 is 10.6 Å². The molecule has 0 aliphatic heterocycles. The molecule has 0 heterocycles. The van der Waals surface area contributed by atoms with E-state index in [4.69, 9.17) is 0 Å². The number of benzene rings is 2. The molecule has 0 unspecified atom stereocenters. The third-order valence-corrected chi connectivity index (χ3v) is 4.56. The first kappa shape index (κ1) is 21.5. The van der Waals surface area contributed by atoms with Crippen molar-refractivity contribution in [2.75, 3.05) is 12.4 Å². The molecule has 0 saturated carbocycles. The molecule has 0 aliphatic carbocycles. The molecule has 2 amide bonds. The Bertz CT molecular complexity index is 902. The van der Waals surface area contributed by atoms with Crippen LogP contribution in [-0.4, -0.2) is 18.8 Å². The van der Waals surface area contributed by atoms with Crippen molar-refractivity contribution in [3.05, 3.63) is 64.7 Å². The lowest BCUT2D eigenvalue weighted by molar-refractivity contribution is -0.138. The van der Waals surface area contributed by atoms with Crippen LogP contribution in [0.15, 0.2) is 47.5 Å². The number of aryl methyl sites for hydroxylation is 1. The van der Waals surface area contributed by atoms with E-state index < -0.39 is 23.3 Å². The second-order valence-electron chi connectivity index (χ2n) is 7.12. The molecule has 2 aromatic rings. The van der Waals surface area contributed by atoms with E-state index in [0.717, 1.165) is 22.9 Å². The summed E-state index contributed by atoms with van der Waals surface area (Å²) in [6.45, 7) is 6.91. The van der Waals surface area contributed by atoms with Gasteiger partial charge in [-0.05, 0) is 62.6 Å². The van der Waals surface area contributed by atoms with Gasteiger partial charge >= 0.3 is 12.2 Å². The first-order valence-corrected chi connectivity index (χ1v) is 8.75. The highest BCUT2D eigenvalue weighted by Gasteiger charge is 2.32. The van der Waals surface area contributed by atoms with Crippen LogP contribution in [-0.2, 0) is 11.7 Å². The normalized spacial score (nSPS) is 12.6. The Morgan fingerprint density at radius 1 is 1.07 bits per heavy atom. The number of hydrogen-bond acceptors (Lipinski definition) is 2. The second-order valence-corrected chi connectivity index (χ2v) is 7.12. The van der Waals surface area contributed by atoms with Crippen molar-refractivity contribution in [3.63, 3.8) is 0 Å². The van der Waals surface area contributed by atoms with Crippen LogP contribution >= 0.6 is 0 Å². The number of rotatable bonds is 4. The average molecular weight is 391 g/mol. The summed E-state index contributed by atoms with van der Waals surface area (Å²) < 4.78 is 39.2. The summed E-state index contributed by atoms with van der Waals surface area (Å²) in [4.78, 5) is 16.6. The lowest BCUT2D eigenvalue weighted by Gasteiger charge is -2.27. The maximum atomic E-state index is 13.1. The van der Waals surface area contributed by atoms with E-state index in [1.807, 2.05) is 45.0 Å². The lowest BCUT2D eigenvalue weighted by Crippen LogP contribution is -2.43. The molecule has 0 atom stereocenters. The number of aliphatic imine (C=N–C) groups is 1. The molecule has 150 valence electrons. The first-order valence-electron chi connectivity index (χ1n) is 8.75. The lowest BCUT2D eigenvalue weighted by atomic mass is 9.92. The zero-order valence-electron chi connectivity index (χ0n) is 16.5. The van der Waals surface area contributed by atoms with Crippen LogP contribution in [0.5, 0.6) is 0 Å². The largest absolute Gasteiger partial charge is 0.416 e. The van der Waals surface area contributed by atoms with Crippen LogP contribution in [0.4, 0.5) is 23.7 Å². The van der Waals surface area contributed by atoms with E-state index in [2.05, 4.69) is 15.6 Å². The molecule has 0 fully saturated rings. The van der Waals surface area contributed by atoms with Gasteiger partial charge in [-0.3, -0.25) is 4.99 Å². The van der Waals surface area contributed by atoms with Gasteiger partial charge in [0, 0.05) is 18.4 Å². The van der Waals surface area contributed by atoms with E-state index in [1.54, 1.807) is 7.05 Å². The molecule has 0 radical (unpaired) electrons. The topological polar surface area (TPSA) is 53.5 Å². The first-order chi connectivity index (χ1) is 12.9. The number of anilines is 1. The predicted molar refractivity (Wildman–Crippen MR) is 106 cm³/mol. The summed E-state index contributed by atoms with van der Waals surface area (Å²) in [6, 6.07) is 10.7. The van der Waals surface area contributed by atoms with E-state index in [0.29, 0.717) is 0 Å². The molecular weight excluding hydrogens is 367 g/mol. The van der Waals surface area contributed by atoms with E-state index in [1.165, 1.54) is 19.1 Å². The SMILES string of the molecule is CN=C(C)c1cccc(C(C)(C)NC(=O)Nc2ccc(C)c(C(F)(F)F)c2)c1. The van der Waals surface area contributed by atoms with Gasteiger partial charge in [-0.15, -0.1) is 0 Å². The molecule has 2 N–H and O–H groups in total. The van der Waals surface area contributed by atoms with Gasteiger partial charge in [-0.2, -0.15) is 13.2 Å². The maximum absolute atomic E-state index is 13.1. The summed E-state index contributed by atoms with van der Waals surface area (Å²) in [5, 5.41) is 5.29. The van der Waals surface area contributed by atoms with E-state index in [-0.39, 0.29) is 11.3 Å². The fourth-order valence-electron chi connectivity index (χ4n) is 2.79. The zero-order valence-corrected chi connectivity index (χ0v) is 16.5. The van der Waals surface area contributed by atoms with Crippen molar-refractivity contribution in [2.45, 2.75) is 39.4 Å². The van der Waals surface area contributed by atoms with Crippen molar-refractivity contribution in [1.29, 1.82) is 0 Å². The molecule has 0 aromatic heterocycles. The fraction of sp³-hybridized carbons (Fsp3) is 0.333. The number of halogens is 3. The summed E-state index contributed by atoms with van der Waals surface area (Å²) in [5.41, 5.74) is 1.31. The van der Waals surface area contributed by atoms with Crippen molar-refractivity contribution < 1.29 is 18.0 Å². The monoisotopic (exact) mass is 391 g/mol. The van der Waals surface area contributed by atoms with Crippen molar-refractivity contribution in [1.82, 2.24) is 5.32 Å². The highest BCUT2D eigenvalue weighted by molar-refractivity contribution is 5.98. The Hall–Kier alpha value is -2.83. The van der Waals surface area contributed by atoms with Crippen LogP contribution in [0.2, 0.25) is 0 Å².